The van der Waals surface area contributed by atoms with Crippen LogP contribution in [0, 0.1) is 0 Å². The maximum absolute atomic E-state index is 5.94. The van der Waals surface area contributed by atoms with Crippen molar-refractivity contribution in [2.45, 2.75) is 24.1 Å². The predicted octanol–water partition coefficient (Wildman–Crippen LogP) is 5.00. The van der Waals surface area contributed by atoms with Gasteiger partial charge in [-0.1, -0.05) is 53.7 Å². The van der Waals surface area contributed by atoms with Crippen LogP contribution < -0.4 is 9.47 Å². The molecule has 0 N–H and O–H groups in total. The highest BCUT2D eigenvalue weighted by atomic mass is 35.5. The normalized spacial score (nSPS) is 10.6. The average molecular weight is 402 g/mol. The highest BCUT2D eigenvalue weighted by molar-refractivity contribution is 7.98. The van der Waals surface area contributed by atoms with Crippen LogP contribution in [0.3, 0.4) is 0 Å². The van der Waals surface area contributed by atoms with Gasteiger partial charge in [0.2, 0.25) is 0 Å². The quantitative estimate of drug-likeness (QED) is 0.373. The fraction of sp³-hybridized carbons (Fsp3) is 0.200. The molecule has 0 bridgehead atoms. The maximum atomic E-state index is 5.94. The number of hydrogen-bond donors (Lipinski definition) is 0. The number of methoxy groups -OCH3 is 1. The first-order valence-corrected chi connectivity index (χ1v) is 9.73. The van der Waals surface area contributed by atoms with Gasteiger partial charge in [0, 0.05) is 17.3 Å². The Balaban J connectivity index is 1.70. The molecule has 0 spiro atoms. The number of ether oxygens (including phenoxy) is 2. The van der Waals surface area contributed by atoms with Crippen molar-refractivity contribution in [3.8, 4) is 11.5 Å². The molecule has 3 rings (SSSR count). The van der Waals surface area contributed by atoms with E-state index in [-0.39, 0.29) is 0 Å². The van der Waals surface area contributed by atoms with Crippen LogP contribution in [-0.4, -0.2) is 21.9 Å². The fourth-order valence-electron chi connectivity index (χ4n) is 2.45. The Kier molecular flexibility index (Phi) is 6.79. The maximum Gasteiger partial charge on any atom is 0.191 e. The van der Waals surface area contributed by atoms with Crippen molar-refractivity contribution in [3.05, 3.63) is 77.6 Å². The third kappa shape index (κ3) is 5.05. The standard InChI is InChI=1S/C20H20ClN3O2S/c1-3-12-24-19(13-26-18-7-5-4-6-17(18)25-2)22-23-20(24)27-14-15-8-10-16(21)11-9-15/h3-11H,1,12-14H2,2H3. The molecule has 0 atom stereocenters. The highest BCUT2D eigenvalue weighted by Crippen LogP contribution is 2.27. The van der Waals surface area contributed by atoms with Gasteiger partial charge in [-0.2, -0.15) is 0 Å². The third-order valence-electron chi connectivity index (χ3n) is 3.81. The van der Waals surface area contributed by atoms with Gasteiger partial charge in [-0.05, 0) is 29.8 Å². The predicted molar refractivity (Wildman–Crippen MR) is 109 cm³/mol. The molecule has 5 nitrogen and oxygen atoms in total. The van der Waals surface area contributed by atoms with Crippen LogP contribution in [0.25, 0.3) is 0 Å². The van der Waals surface area contributed by atoms with Crippen LogP contribution in [0.15, 0.2) is 66.3 Å². The molecule has 0 amide bonds. The van der Waals surface area contributed by atoms with Crippen molar-refractivity contribution in [3.63, 3.8) is 0 Å². The SMILES string of the molecule is C=CCn1c(COc2ccccc2OC)nnc1SCc1ccc(Cl)cc1. The van der Waals surface area contributed by atoms with Crippen LogP contribution in [0.5, 0.6) is 11.5 Å². The summed E-state index contributed by atoms with van der Waals surface area (Å²) in [5, 5.41) is 10.2. The summed E-state index contributed by atoms with van der Waals surface area (Å²) in [5.41, 5.74) is 1.17. The second-order valence-corrected chi connectivity index (χ2v) is 7.03. The molecule has 2 aromatic carbocycles. The van der Waals surface area contributed by atoms with Crippen LogP contribution >= 0.6 is 23.4 Å². The van der Waals surface area contributed by atoms with E-state index in [0.717, 1.165) is 21.8 Å². The first-order chi connectivity index (χ1) is 13.2. The van der Waals surface area contributed by atoms with Gasteiger partial charge >= 0.3 is 0 Å². The van der Waals surface area contributed by atoms with E-state index in [0.29, 0.717) is 24.7 Å². The molecular weight excluding hydrogens is 382 g/mol. The lowest BCUT2D eigenvalue weighted by Gasteiger charge is -2.11. The van der Waals surface area contributed by atoms with E-state index in [4.69, 9.17) is 21.1 Å². The summed E-state index contributed by atoms with van der Waals surface area (Å²) >= 11 is 7.55. The number of para-hydroxylation sites is 2. The van der Waals surface area contributed by atoms with E-state index >= 15 is 0 Å². The number of aromatic nitrogens is 3. The molecule has 0 radical (unpaired) electrons. The summed E-state index contributed by atoms with van der Waals surface area (Å²) in [6.45, 7) is 4.74. The molecule has 0 aliphatic rings. The Morgan fingerprint density at radius 2 is 1.85 bits per heavy atom. The minimum Gasteiger partial charge on any atom is -0.493 e. The van der Waals surface area contributed by atoms with Crippen molar-refractivity contribution in [1.29, 1.82) is 0 Å². The lowest BCUT2D eigenvalue weighted by Crippen LogP contribution is -2.08. The van der Waals surface area contributed by atoms with Crippen LogP contribution in [-0.2, 0) is 18.9 Å². The smallest absolute Gasteiger partial charge is 0.191 e. The second-order valence-electron chi connectivity index (χ2n) is 5.65. The molecule has 7 heteroatoms. The van der Waals surface area contributed by atoms with Gasteiger partial charge in [0.05, 0.1) is 7.11 Å². The molecule has 1 heterocycles. The molecule has 140 valence electrons. The second kappa shape index (κ2) is 9.48. The summed E-state index contributed by atoms with van der Waals surface area (Å²) in [6, 6.07) is 15.3. The number of nitrogens with zero attached hydrogens (tertiary/aromatic N) is 3. The molecule has 27 heavy (non-hydrogen) atoms. The molecule has 0 aliphatic carbocycles. The molecule has 0 aliphatic heterocycles. The summed E-state index contributed by atoms with van der Waals surface area (Å²) in [5.74, 6) is 2.87. The average Bonchev–Trinajstić information content (AvgIpc) is 3.08. The Labute approximate surface area is 168 Å². The van der Waals surface area contributed by atoms with E-state index in [9.17, 15) is 0 Å². The molecular formula is C20H20ClN3O2S. The minimum atomic E-state index is 0.294. The number of allylic oxidation sites excluding steroid dienone is 1. The van der Waals surface area contributed by atoms with Gasteiger partial charge in [-0.15, -0.1) is 16.8 Å². The third-order valence-corrected chi connectivity index (χ3v) is 5.10. The van der Waals surface area contributed by atoms with Gasteiger partial charge < -0.3 is 9.47 Å². The lowest BCUT2D eigenvalue weighted by molar-refractivity contribution is 0.271. The summed E-state index contributed by atoms with van der Waals surface area (Å²) < 4.78 is 13.2. The Morgan fingerprint density at radius 1 is 1.11 bits per heavy atom. The van der Waals surface area contributed by atoms with Crippen molar-refractivity contribution in [1.82, 2.24) is 14.8 Å². The van der Waals surface area contributed by atoms with Crippen molar-refractivity contribution in [2.24, 2.45) is 0 Å². The summed E-state index contributed by atoms with van der Waals surface area (Å²) in [6.07, 6.45) is 1.82. The first kappa shape index (κ1) is 19.3. The van der Waals surface area contributed by atoms with Crippen LogP contribution in [0.2, 0.25) is 5.02 Å². The minimum absolute atomic E-state index is 0.294. The fourth-order valence-corrected chi connectivity index (χ4v) is 3.50. The van der Waals surface area contributed by atoms with Gasteiger partial charge in [0.1, 0.15) is 6.61 Å². The Morgan fingerprint density at radius 3 is 2.56 bits per heavy atom. The molecule has 0 fully saturated rings. The molecule has 0 saturated carbocycles. The largest absolute Gasteiger partial charge is 0.493 e. The Hall–Kier alpha value is -2.44. The Bertz CT molecular complexity index is 896. The van der Waals surface area contributed by atoms with Gasteiger partial charge in [-0.25, -0.2) is 0 Å². The van der Waals surface area contributed by atoms with E-state index in [1.807, 2.05) is 59.2 Å². The van der Waals surface area contributed by atoms with Gasteiger partial charge in [0.15, 0.2) is 22.5 Å². The zero-order chi connectivity index (χ0) is 19.1. The summed E-state index contributed by atoms with van der Waals surface area (Å²) in [7, 11) is 1.62. The lowest BCUT2D eigenvalue weighted by atomic mass is 10.2. The van der Waals surface area contributed by atoms with E-state index in [2.05, 4.69) is 16.8 Å². The number of thioether (sulfide) groups is 1. The van der Waals surface area contributed by atoms with Crippen LogP contribution in [0.1, 0.15) is 11.4 Å². The van der Waals surface area contributed by atoms with Crippen LogP contribution in [0.4, 0.5) is 0 Å². The number of halogens is 1. The number of hydrogen-bond acceptors (Lipinski definition) is 5. The number of rotatable bonds is 9. The molecule has 1 aromatic heterocycles. The summed E-state index contributed by atoms with van der Waals surface area (Å²) in [4.78, 5) is 0. The van der Waals surface area contributed by atoms with Gasteiger partial charge in [-0.3, -0.25) is 4.57 Å². The zero-order valence-corrected chi connectivity index (χ0v) is 16.5. The monoisotopic (exact) mass is 401 g/mol. The molecule has 0 saturated heterocycles. The number of benzene rings is 2. The van der Waals surface area contributed by atoms with Crippen molar-refractivity contribution in [2.75, 3.05) is 7.11 Å². The molecule has 3 aromatic rings. The topological polar surface area (TPSA) is 49.2 Å². The molecule has 0 unspecified atom stereocenters. The first-order valence-electron chi connectivity index (χ1n) is 8.37. The van der Waals surface area contributed by atoms with E-state index in [1.54, 1.807) is 18.9 Å². The van der Waals surface area contributed by atoms with Gasteiger partial charge in [0.25, 0.3) is 0 Å². The van der Waals surface area contributed by atoms with Crippen molar-refractivity contribution >= 4 is 23.4 Å². The zero-order valence-electron chi connectivity index (χ0n) is 15.0. The highest BCUT2D eigenvalue weighted by Gasteiger charge is 2.13. The van der Waals surface area contributed by atoms with Crippen molar-refractivity contribution < 1.29 is 9.47 Å². The van der Waals surface area contributed by atoms with E-state index < -0.39 is 0 Å². The van der Waals surface area contributed by atoms with E-state index in [1.165, 1.54) is 5.56 Å².